The maximum atomic E-state index is 12.3. The van der Waals surface area contributed by atoms with Crippen molar-refractivity contribution in [3.63, 3.8) is 0 Å². The minimum absolute atomic E-state index is 0.0251. The lowest BCUT2D eigenvalue weighted by molar-refractivity contribution is 0.103. The molecule has 0 N–H and O–H groups in total. The molecule has 0 heterocycles. The summed E-state index contributed by atoms with van der Waals surface area (Å²) in [5.41, 5.74) is 2.69. The topological polar surface area (TPSA) is 17.1 Å². The highest BCUT2D eigenvalue weighted by molar-refractivity contribution is 6.30. The molecule has 98 valence electrons. The van der Waals surface area contributed by atoms with Crippen LogP contribution in [0.25, 0.3) is 0 Å². The Balaban J connectivity index is 2.27. The Morgan fingerprint density at radius 1 is 0.842 bits per heavy atom. The molecule has 0 saturated heterocycles. The zero-order chi connectivity index (χ0) is 14.0. The van der Waals surface area contributed by atoms with Gasteiger partial charge in [-0.2, -0.15) is 0 Å². The smallest absolute Gasteiger partial charge is 0.193 e. The van der Waals surface area contributed by atoms with Crippen LogP contribution >= 0.6 is 11.6 Å². The zero-order valence-electron chi connectivity index (χ0n) is 11.4. The number of halogens is 1. The summed E-state index contributed by atoms with van der Waals surface area (Å²) in [5, 5.41) is 0.639. The van der Waals surface area contributed by atoms with Gasteiger partial charge >= 0.3 is 0 Å². The van der Waals surface area contributed by atoms with Gasteiger partial charge in [0.2, 0.25) is 0 Å². The van der Waals surface area contributed by atoms with Crippen molar-refractivity contribution in [2.45, 2.75) is 26.2 Å². The van der Waals surface area contributed by atoms with Gasteiger partial charge in [0, 0.05) is 16.1 Å². The summed E-state index contributed by atoms with van der Waals surface area (Å²) in [7, 11) is 0. The summed E-state index contributed by atoms with van der Waals surface area (Å²) in [6.45, 7) is 6.47. The molecule has 0 amide bonds. The van der Waals surface area contributed by atoms with E-state index in [4.69, 9.17) is 11.6 Å². The van der Waals surface area contributed by atoms with Crippen molar-refractivity contribution in [2.24, 2.45) is 0 Å². The maximum Gasteiger partial charge on any atom is 0.193 e. The van der Waals surface area contributed by atoms with E-state index in [1.165, 1.54) is 5.56 Å². The number of hydrogen-bond acceptors (Lipinski definition) is 1. The van der Waals surface area contributed by atoms with Gasteiger partial charge in [-0.1, -0.05) is 56.6 Å². The fourth-order valence-corrected chi connectivity index (χ4v) is 2.02. The highest BCUT2D eigenvalue weighted by atomic mass is 35.5. The molecule has 0 aliphatic rings. The Labute approximate surface area is 119 Å². The molecule has 0 saturated carbocycles. The molecule has 0 aromatic heterocycles. The molecule has 19 heavy (non-hydrogen) atoms. The molecule has 2 rings (SSSR count). The Kier molecular flexibility index (Phi) is 3.77. The van der Waals surface area contributed by atoms with Gasteiger partial charge in [0.15, 0.2) is 5.78 Å². The predicted octanol–water partition coefficient (Wildman–Crippen LogP) is 4.87. The van der Waals surface area contributed by atoms with Crippen molar-refractivity contribution in [3.05, 3.63) is 70.2 Å². The van der Waals surface area contributed by atoms with Crippen LogP contribution in [0.15, 0.2) is 48.5 Å². The third kappa shape index (κ3) is 3.24. The lowest BCUT2D eigenvalue weighted by atomic mass is 9.86. The number of carbonyl (C=O) groups excluding carboxylic acids is 1. The molecule has 0 unspecified atom stereocenters. The van der Waals surface area contributed by atoms with E-state index >= 15 is 0 Å². The first-order chi connectivity index (χ1) is 8.88. The minimum Gasteiger partial charge on any atom is -0.289 e. The SMILES string of the molecule is CC(C)(C)c1ccc(C(=O)c2ccc(Cl)cc2)cc1. The first kappa shape index (κ1) is 13.8. The molecule has 0 aliphatic carbocycles. The lowest BCUT2D eigenvalue weighted by Gasteiger charge is -2.19. The first-order valence-corrected chi connectivity index (χ1v) is 6.66. The van der Waals surface area contributed by atoms with Crippen molar-refractivity contribution in [2.75, 3.05) is 0 Å². The highest BCUT2D eigenvalue weighted by Gasteiger charge is 2.14. The van der Waals surface area contributed by atoms with Gasteiger partial charge in [-0.15, -0.1) is 0 Å². The van der Waals surface area contributed by atoms with Gasteiger partial charge in [-0.05, 0) is 35.2 Å². The summed E-state index contributed by atoms with van der Waals surface area (Å²) in [4.78, 5) is 12.3. The fourth-order valence-electron chi connectivity index (χ4n) is 1.89. The van der Waals surface area contributed by atoms with Crippen molar-refractivity contribution in [1.82, 2.24) is 0 Å². The van der Waals surface area contributed by atoms with E-state index in [0.29, 0.717) is 16.1 Å². The molecule has 2 heteroatoms. The third-order valence-corrected chi connectivity index (χ3v) is 3.37. The van der Waals surface area contributed by atoms with Crippen LogP contribution in [0.4, 0.5) is 0 Å². The predicted molar refractivity (Wildman–Crippen MR) is 80.0 cm³/mol. The van der Waals surface area contributed by atoms with E-state index in [9.17, 15) is 4.79 Å². The second-order valence-electron chi connectivity index (χ2n) is 5.66. The van der Waals surface area contributed by atoms with Gasteiger partial charge in [0.1, 0.15) is 0 Å². The Bertz CT molecular complexity index is 574. The third-order valence-electron chi connectivity index (χ3n) is 3.12. The summed E-state index contributed by atoms with van der Waals surface area (Å²) in [5.74, 6) is 0.0251. The molecule has 0 aliphatic heterocycles. The van der Waals surface area contributed by atoms with E-state index in [2.05, 4.69) is 20.8 Å². The van der Waals surface area contributed by atoms with Crippen LogP contribution in [0.3, 0.4) is 0 Å². The van der Waals surface area contributed by atoms with Crippen molar-refractivity contribution < 1.29 is 4.79 Å². The Morgan fingerprint density at radius 3 is 1.68 bits per heavy atom. The number of carbonyl (C=O) groups is 1. The fraction of sp³-hybridized carbons (Fsp3) is 0.235. The molecular formula is C17H17ClO. The normalized spacial score (nSPS) is 11.4. The van der Waals surface area contributed by atoms with E-state index in [1.54, 1.807) is 24.3 Å². The van der Waals surface area contributed by atoms with Crippen LogP contribution in [0.1, 0.15) is 42.3 Å². The number of ketones is 1. The molecule has 0 radical (unpaired) electrons. The van der Waals surface area contributed by atoms with E-state index in [-0.39, 0.29) is 11.2 Å². The summed E-state index contributed by atoms with van der Waals surface area (Å²) < 4.78 is 0. The quantitative estimate of drug-likeness (QED) is 0.713. The molecular weight excluding hydrogens is 256 g/mol. The van der Waals surface area contributed by atoms with Gasteiger partial charge in [0.05, 0.1) is 0 Å². The summed E-state index contributed by atoms with van der Waals surface area (Å²) in [6.07, 6.45) is 0. The Morgan fingerprint density at radius 2 is 1.26 bits per heavy atom. The van der Waals surface area contributed by atoms with Gasteiger partial charge < -0.3 is 0 Å². The summed E-state index contributed by atoms with van der Waals surface area (Å²) >= 11 is 5.82. The minimum atomic E-state index is 0.0251. The molecule has 0 atom stereocenters. The standard InChI is InChI=1S/C17H17ClO/c1-17(2,3)14-8-4-12(5-9-14)16(19)13-6-10-15(18)11-7-13/h4-11H,1-3H3. The Hall–Kier alpha value is -1.60. The van der Waals surface area contributed by atoms with Crippen LogP contribution in [0.5, 0.6) is 0 Å². The molecule has 1 nitrogen and oxygen atoms in total. The molecule has 0 spiro atoms. The number of hydrogen-bond donors (Lipinski definition) is 0. The van der Waals surface area contributed by atoms with Crippen LogP contribution in [0.2, 0.25) is 5.02 Å². The van der Waals surface area contributed by atoms with Gasteiger partial charge in [-0.3, -0.25) is 4.79 Å². The molecule has 2 aromatic carbocycles. The monoisotopic (exact) mass is 272 g/mol. The number of rotatable bonds is 2. The molecule has 0 bridgehead atoms. The second-order valence-corrected chi connectivity index (χ2v) is 6.10. The largest absolute Gasteiger partial charge is 0.289 e. The molecule has 2 aromatic rings. The average molecular weight is 273 g/mol. The van der Waals surface area contributed by atoms with Crippen molar-refractivity contribution in [3.8, 4) is 0 Å². The van der Waals surface area contributed by atoms with Crippen LogP contribution < -0.4 is 0 Å². The van der Waals surface area contributed by atoms with E-state index in [0.717, 1.165) is 0 Å². The van der Waals surface area contributed by atoms with Crippen molar-refractivity contribution >= 4 is 17.4 Å². The zero-order valence-corrected chi connectivity index (χ0v) is 12.2. The van der Waals surface area contributed by atoms with E-state index < -0.39 is 0 Å². The second kappa shape index (κ2) is 5.18. The van der Waals surface area contributed by atoms with Crippen LogP contribution in [-0.2, 0) is 5.41 Å². The first-order valence-electron chi connectivity index (χ1n) is 6.29. The number of benzene rings is 2. The summed E-state index contributed by atoms with van der Waals surface area (Å²) in [6, 6.07) is 14.8. The van der Waals surface area contributed by atoms with Gasteiger partial charge in [-0.25, -0.2) is 0 Å². The lowest BCUT2D eigenvalue weighted by Crippen LogP contribution is -2.11. The maximum absolute atomic E-state index is 12.3. The van der Waals surface area contributed by atoms with Crippen LogP contribution in [0, 0.1) is 0 Å². The van der Waals surface area contributed by atoms with E-state index in [1.807, 2.05) is 24.3 Å². The average Bonchev–Trinajstić information content (AvgIpc) is 2.38. The van der Waals surface area contributed by atoms with Crippen LogP contribution in [-0.4, -0.2) is 5.78 Å². The van der Waals surface area contributed by atoms with Gasteiger partial charge in [0.25, 0.3) is 0 Å². The van der Waals surface area contributed by atoms with Crippen molar-refractivity contribution in [1.29, 1.82) is 0 Å². The highest BCUT2D eigenvalue weighted by Crippen LogP contribution is 2.23. The molecule has 0 fully saturated rings.